The van der Waals surface area contributed by atoms with Gasteiger partial charge in [-0.1, -0.05) is 317 Å². The standard InChI is InChI=1S/C77H132N6O3/c1-5-8-11-14-17-20-23-26-29-32-35-38-41-44-47-50-59-84-74-56-53-71(81-65-74)62-78-68-77(4,69-79-63-72-54-57-75(66-82-72)85-60-51-48-45-42-39-36-33-30-27-24-21-18-15-12-9-6-2)70-80-64-73-55-58-76(67-83-73)86-61-52-49-46-43-40-37-34-31-28-25-22-19-16-13-10-7-3/h53-58,62-67H,5-52,59-61,68-70H2,1-4H3. The van der Waals surface area contributed by atoms with E-state index in [-0.39, 0.29) is 5.41 Å². The number of aromatic nitrogens is 3. The van der Waals surface area contributed by atoms with Crippen LogP contribution in [-0.4, -0.2) is 73.1 Å². The highest BCUT2D eigenvalue weighted by Crippen LogP contribution is 2.22. The Labute approximate surface area is 530 Å². The zero-order valence-electron chi connectivity index (χ0n) is 56.5. The summed E-state index contributed by atoms with van der Waals surface area (Å²) in [4.78, 5) is 28.7. The molecule has 0 saturated carbocycles. The van der Waals surface area contributed by atoms with Crippen LogP contribution in [-0.2, 0) is 0 Å². The largest absolute Gasteiger partial charge is 0.492 e. The van der Waals surface area contributed by atoms with Crippen LogP contribution in [0.3, 0.4) is 0 Å². The Morgan fingerprint density at radius 3 is 0.640 bits per heavy atom. The van der Waals surface area contributed by atoms with Gasteiger partial charge in [0, 0.05) is 43.7 Å². The molecule has 9 nitrogen and oxygen atoms in total. The van der Waals surface area contributed by atoms with Crippen molar-refractivity contribution in [1.29, 1.82) is 0 Å². The second kappa shape index (κ2) is 57.3. The zero-order chi connectivity index (χ0) is 61.0. The fourth-order valence-corrected chi connectivity index (χ4v) is 11.4. The highest BCUT2D eigenvalue weighted by atomic mass is 16.5. The van der Waals surface area contributed by atoms with E-state index in [9.17, 15) is 0 Å². The summed E-state index contributed by atoms with van der Waals surface area (Å²) < 4.78 is 18.2. The van der Waals surface area contributed by atoms with Crippen molar-refractivity contribution in [2.75, 3.05) is 39.5 Å². The molecular formula is C77H132N6O3. The molecule has 0 amide bonds. The average molecular weight is 1190 g/mol. The van der Waals surface area contributed by atoms with Crippen LogP contribution in [0, 0.1) is 5.41 Å². The second-order valence-corrected chi connectivity index (χ2v) is 25.9. The molecule has 0 saturated heterocycles. The highest BCUT2D eigenvalue weighted by Gasteiger charge is 2.23. The van der Waals surface area contributed by atoms with E-state index in [0.717, 1.165) is 73.4 Å². The van der Waals surface area contributed by atoms with Gasteiger partial charge in [0.25, 0.3) is 0 Å². The summed E-state index contributed by atoms with van der Waals surface area (Å²) in [5.74, 6) is 2.43. The van der Waals surface area contributed by atoms with Crippen molar-refractivity contribution in [3.63, 3.8) is 0 Å². The summed E-state index contributed by atoms with van der Waals surface area (Å²) in [6.45, 7) is 12.8. The molecule has 0 aliphatic heterocycles. The smallest absolute Gasteiger partial charge is 0.137 e. The van der Waals surface area contributed by atoms with Gasteiger partial charge in [0.15, 0.2) is 0 Å². The van der Waals surface area contributed by atoms with E-state index in [1.54, 1.807) is 0 Å². The van der Waals surface area contributed by atoms with E-state index in [0.29, 0.717) is 19.6 Å². The minimum atomic E-state index is -0.356. The monoisotopic (exact) mass is 1190 g/mol. The van der Waals surface area contributed by atoms with Gasteiger partial charge < -0.3 is 14.2 Å². The quantitative estimate of drug-likeness (QED) is 0.0412. The first-order valence-corrected chi connectivity index (χ1v) is 36.8. The Morgan fingerprint density at radius 1 is 0.279 bits per heavy atom. The van der Waals surface area contributed by atoms with Gasteiger partial charge in [-0.25, -0.2) is 0 Å². The third kappa shape index (κ3) is 46.0. The lowest BCUT2D eigenvalue weighted by Gasteiger charge is -2.23. The van der Waals surface area contributed by atoms with Gasteiger partial charge in [-0.15, -0.1) is 0 Å². The molecule has 86 heavy (non-hydrogen) atoms. The molecule has 9 heteroatoms. The minimum Gasteiger partial charge on any atom is -0.492 e. The molecule has 0 unspecified atom stereocenters. The number of rotatable bonds is 63. The summed E-state index contributed by atoms with van der Waals surface area (Å²) in [7, 11) is 0. The summed E-state index contributed by atoms with van der Waals surface area (Å²) >= 11 is 0. The minimum absolute atomic E-state index is 0.356. The number of aliphatic imine (C=N–C) groups is 3. The van der Waals surface area contributed by atoms with Crippen molar-refractivity contribution >= 4 is 18.6 Å². The molecule has 488 valence electrons. The molecule has 0 aliphatic rings. The topological polar surface area (TPSA) is 103 Å². The first-order chi connectivity index (χ1) is 42.5. The van der Waals surface area contributed by atoms with E-state index < -0.39 is 0 Å². The lowest BCUT2D eigenvalue weighted by molar-refractivity contribution is 0.303. The molecular weight excluding hydrogens is 1060 g/mol. The molecule has 3 aromatic rings. The van der Waals surface area contributed by atoms with Gasteiger partial charge in [0.05, 0.1) is 55.5 Å². The molecule has 0 aliphatic carbocycles. The lowest BCUT2D eigenvalue weighted by Crippen LogP contribution is -2.28. The van der Waals surface area contributed by atoms with Crippen LogP contribution >= 0.6 is 0 Å². The Kier molecular flexibility index (Phi) is 50.7. The van der Waals surface area contributed by atoms with Crippen LogP contribution in [0.15, 0.2) is 70.0 Å². The Hall–Kier alpha value is -4.14. The number of ether oxygens (including phenoxy) is 3. The summed E-state index contributed by atoms with van der Waals surface area (Å²) in [6.07, 6.45) is 76.6. The van der Waals surface area contributed by atoms with Crippen LogP contribution in [0.25, 0.3) is 0 Å². The number of hydrogen-bond donors (Lipinski definition) is 0. The van der Waals surface area contributed by atoms with Crippen molar-refractivity contribution < 1.29 is 14.2 Å². The lowest BCUT2D eigenvalue weighted by atomic mass is 9.91. The summed E-state index contributed by atoms with van der Waals surface area (Å²) in [5, 5.41) is 0. The van der Waals surface area contributed by atoms with Gasteiger partial charge >= 0.3 is 0 Å². The first kappa shape index (κ1) is 76.1. The molecule has 0 spiro atoms. The van der Waals surface area contributed by atoms with Gasteiger partial charge in [-0.05, 0) is 55.7 Å². The van der Waals surface area contributed by atoms with E-state index in [4.69, 9.17) is 29.2 Å². The van der Waals surface area contributed by atoms with E-state index in [1.165, 1.54) is 289 Å². The van der Waals surface area contributed by atoms with Crippen LogP contribution in [0.5, 0.6) is 17.2 Å². The van der Waals surface area contributed by atoms with Gasteiger partial charge in [0.1, 0.15) is 17.2 Å². The Morgan fingerprint density at radius 2 is 0.465 bits per heavy atom. The fraction of sp³-hybridized carbons (Fsp3) is 0.766. The molecule has 3 rings (SSSR count). The maximum absolute atomic E-state index is 6.07. The average Bonchev–Trinajstić information content (AvgIpc) is 3.70. The van der Waals surface area contributed by atoms with Crippen LogP contribution < -0.4 is 14.2 Å². The Balaban J connectivity index is 1.37. The first-order valence-electron chi connectivity index (χ1n) is 36.8. The van der Waals surface area contributed by atoms with Crippen molar-refractivity contribution in [2.45, 2.75) is 336 Å². The molecule has 0 aromatic carbocycles. The van der Waals surface area contributed by atoms with Crippen molar-refractivity contribution in [3.05, 3.63) is 72.1 Å². The van der Waals surface area contributed by atoms with Crippen LogP contribution in [0.4, 0.5) is 0 Å². The maximum Gasteiger partial charge on any atom is 0.137 e. The normalized spacial score (nSPS) is 12.6. The molecule has 3 heterocycles. The van der Waals surface area contributed by atoms with Gasteiger partial charge in [0.2, 0.25) is 0 Å². The predicted molar refractivity (Wildman–Crippen MR) is 373 cm³/mol. The molecule has 0 radical (unpaired) electrons. The zero-order valence-corrected chi connectivity index (χ0v) is 56.5. The van der Waals surface area contributed by atoms with Crippen LogP contribution in [0.1, 0.15) is 353 Å². The van der Waals surface area contributed by atoms with Gasteiger partial charge in [-0.3, -0.25) is 29.9 Å². The molecule has 0 atom stereocenters. The molecule has 0 bridgehead atoms. The number of pyridine rings is 3. The summed E-state index contributed by atoms with van der Waals surface area (Å²) in [5.41, 5.74) is 2.05. The number of unbranched alkanes of at least 4 members (excludes halogenated alkanes) is 45. The van der Waals surface area contributed by atoms with E-state index >= 15 is 0 Å². The SMILES string of the molecule is CCCCCCCCCCCCCCCCCCOc1ccc(C=NCC(C)(CN=Cc2ccc(OCCCCCCCCCCCCCCCCCC)cn2)CN=Cc2ccc(OCCCCCCCCCCCCCCCCCC)cn2)nc1. The highest BCUT2D eigenvalue weighted by molar-refractivity contribution is 5.78. The third-order valence-corrected chi connectivity index (χ3v) is 17.2. The number of nitrogens with zero attached hydrogens (tertiary/aromatic N) is 6. The van der Waals surface area contributed by atoms with Crippen LogP contribution in [0.2, 0.25) is 0 Å². The summed E-state index contributed by atoms with van der Waals surface area (Å²) in [6, 6.07) is 12.0. The maximum atomic E-state index is 6.07. The molecule has 3 aromatic heterocycles. The third-order valence-electron chi connectivity index (χ3n) is 17.2. The van der Waals surface area contributed by atoms with Crippen molar-refractivity contribution in [2.24, 2.45) is 20.4 Å². The second-order valence-electron chi connectivity index (χ2n) is 25.9. The predicted octanol–water partition coefficient (Wildman–Crippen LogP) is 23.5. The molecule has 0 fully saturated rings. The van der Waals surface area contributed by atoms with E-state index in [1.807, 2.05) is 73.6 Å². The number of hydrogen-bond acceptors (Lipinski definition) is 9. The fourth-order valence-electron chi connectivity index (χ4n) is 11.4. The van der Waals surface area contributed by atoms with Crippen molar-refractivity contribution in [1.82, 2.24) is 15.0 Å². The Bertz CT molecular complexity index is 1760. The van der Waals surface area contributed by atoms with Gasteiger partial charge in [-0.2, -0.15) is 0 Å². The van der Waals surface area contributed by atoms with E-state index in [2.05, 4.69) is 42.6 Å². The molecule has 0 N–H and O–H groups in total. The van der Waals surface area contributed by atoms with Crippen molar-refractivity contribution in [3.8, 4) is 17.2 Å².